The van der Waals surface area contributed by atoms with E-state index in [2.05, 4.69) is 4.98 Å². The van der Waals surface area contributed by atoms with Crippen LogP contribution in [0.25, 0.3) is 0 Å². The molecule has 0 saturated carbocycles. The molecule has 1 aromatic heterocycles. The number of aliphatic hydroxyl groups is 1. The maximum absolute atomic E-state index is 15.1. The number of halogens is 4. The van der Waals surface area contributed by atoms with Gasteiger partial charge < -0.3 is 34.1 Å². The Morgan fingerprint density at radius 3 is 2.00 bits per heavy atom. The summed E-state index contributed by atoms with van der Waals surface area (Å²) in [4.78, 5) is 15.3. The van der Waals surface area contributed by atoms with Crippen LogP contribution in [0.5, 0.6) is 23.0 Å². The van der Waals surface area contributed by atoms with E-state index in [1.54, 1.807) is 0 Å². The number of anilines is 1. The van der Waals surface area contributed by atoms with Crippen LogP contribution >= 0.6 is 7.82 Å². The minimum absolute atomic E-state index is 0.0992. The van der Waals surface area contributed by atoms with Crippen molar-refractivity contribution in [3.63, 3.8) is 0 Å². The van der Waals surface area contributed by atoms with Gasteiger partial charge in [0.25, 0.3) is 6.43 Å². The van der Waals surface area contributed by atoms with E-state index in [-0.39, 0.29) is 16.1 Å². The molecule has 2 aromatic carbocycles. The van der Waals surface area contributed by atoms with Gasteiger partial charge in [-0.05, 0) is 48.5 Å². The Bertz CT molecular complexity index is 1410. The number of benzene rings is 2. The summed E-state index contributed by atoms with van der Waals surface area (Å²) < 4.78 is 103. The monoisotopic (exact) mass is 605 g/mol. The third-order valence-electron chi connectivity index (χ3n) is 5.99. The molecule has 41 heavy (non-hydrogen) atoms. The highest BCUT2D eigenvalue weighted by atomic mass is 31.2. The molecule has 3 aromatic rings. The summed E-state index contributed by atoms with van der Waals surface area (Å²) in [5, 5.41) is 10.5. The number of methoxy groups -OCH3 is 2. The smallest absolute Gasteiger partial charge is 0.497 e. The van der Waals surface area contributed by atoms with Crippen molar-refractivity contribution in [1.82, 2.24) is 9.55 Å². The number of rotatable bonds is 11. The summed E-state index contributed by atoms with van der Waals surface area (Å²) in [6.07, 6.45) is -10.9. The van der Waals surface area contributed by atoms with Crippen LogP contribution in [0.3, 0.4) is 0 Å². The number of aliphatic hydroxyl groups excluding tert-OH is 1. The first-order chi connectivity index (χ1) is 19.4. The molecular formula is C24H24F4N3O9P. The molecule has 0 spiro atoms. The van der Waals surface area contributed by atoms with Crippen LogP contribution in [0.2, 0.25) is 0 Å². The highest BCUT2D eigenvalue weighted by Crippen LogP contribution is 2.52. The van der Waals surface area contributed by atoms with Gasteiger partial charge in [0.05, 0.1) is 27.0 Å². The predicted molar refractivity (Wildman–Crippen MR) is 133 cm³/mol. The first kappa shape index (κ1) is 30.1. The zero-order valence-electron chi connectivity index (χ0n) is 21.4. The van der Waals surface area contributed by atoms with Crippen molar-refractivity contribution in [3.05, 3.63) is 71.0 Å². The van der Waals surface area contributed by atoms with Crippen LogP contribution < -0.4 is 29.9 Å². The van der Waals surface area contributed by atoms with Gasteiger partial charge in [0.2, 0.25) is 0 Å². The first-order valence-corrected chi connectivity index (χ1v) is 13.1. The van der Waals surface area contributed by atoms with Crippen molar-refractivity contribution in [2.24, 2.45) is 0 Å². The highest BCUT2D eigenvalue weighted by Gasteiger charge is 2.62. The van der Waals surface area contributed by atoms with Gasteiger partial charge >= 0.3 is 13.5 Å². The molecule has 222 valence electrons. The second kappa shape index (κ2) is 11.9. The molecule has 4 atom stereocenters. The van der Waals surface area contributed by atoms with Crippen LogP contribution in [0.4, 0.5) is 23.4 Å². The molecule has 0 unspecified atom stereocenters. The second-order valence-electron chi connectivity index (χ2n) is 8.57. The summed E-state index contributed by atoms with van der Waals surface area (Å²) >= 11 is 0. The predicted octanol–water partition coefficient (Wildman–Crippen LogP) is 3.50. The average Bonchev–Trinajstić information content (AvgIpc) is 3.21. The van der Waals surface area contributed by atoms with Gasteiger partial charge in [-0.3, -0.25) is 9.09 Å². The molecule has 0 amide bonds. The molecule has 3 N–H and O–H groups in total. The van der Waals surface area contributed by atoms with E-state index in [9.17, 15) is 27.6 Å². The van der Waals surface area contributed by atoms with Gasteiger partial charge in [0.15, 0.2) is 29.6 Å². The summed E-state index contributed by atoms with van der Waals surface area (Å²) in [5.74, 6) is -1.48. The Hall–Kier alpha value is -3.85. The van der Waals surface area contributed by atoms with E-state index < -0.39 is 62.3 Å². The van der Waals surface area contributed by atoms with Crippen LogP contribution in [-0.4, -0.2) is 59.8 Å². The van der Waals surface area contributed by atoms with E-state index in [0.29, 0.717) is 17.7 Å². The van der Waals surface area contributed by atoms with Crippen molar-refractivity contribution < 1.29 is 55.0 Å². The van der Waals surface area contributed by atoms with Gasteiger partial charge in [-0.25, -0.2) is 26.9 Å². The van der Waals surface area contributed by atoms with Crippen molar-refractivity contribution in [2.45, 2.75) is 30.5 Å². The Morgan fingerprint density at radius 2 is 1.54 bits per heavy atom. The van der Waals surface area contributed by atoms with Gasteiger partial charge in [0.1, 0.15) is 29.1 Å². The standard InChI is InChI=1S/C24H24F4N3O9P/c1-35-13-3-7-15(8-4-13)39-41(34,40-16-9-5-14(36-2)6-10-16)37-12-24(22(27)28)19(32)18(26)21(38-24)31-11-17(25)20(29)30-23(31)33/h3-11,18-19,21-22,32H,12H2,1-2H3,(H2,29,30,33)/t18-,19-,21-,24-/m1/s1. The van der Waals surface area contributed by atoms with E-state index in [1.807, 2.05) is 0 Å². The number of phosphoric acid groups is 1. The summed E-state index contributed by atoms with van der Waals surface area (Å²) in [6.45, 7) is -1.47. The van der Waals surface area contributed by atoms with Crippen molar-refractivity contribution in [1.29, 1.82) is 0 Å². The quantitative estimate of drug-likeness (QED) is 0.244. The Kier molecular flexibility index (Phi) is 8.77. The molecule has 17 heteroatoms. The summed E-state index contributed by atoms with van der Waals surface area (Å²) in [6, 6.07) is 11.0. The molecule has 1 saturated heterocycles. The Balaban J connectivity index is 1.65. The minimum Gasteiger partial charge on any atom is -0.497 e. The molecule has 1 aliphatic heterocycles. The fraction of sp³-hybridized carbons (Fsp3) is 0.333. The van der Waals surface area contributed by atoms with Crippen molar-refractivity contribution in [3.8, 4) is 23.0 Å². The zero-order chi connectivity index (χ0) is 29.9. The number of phosphoric ester groups is 1. The van der Waals surface area contributed by atoms with E-state index in [1.165, 1.54) is 62.8 Å². The molecule has 12 nitrogen and oxygen atoms in total. The van der Waals surface area contributed by atoms with Crippen LogP contribution in [-0.2, 0) is 13.8 Å². The lowest BCUT2D eigenvalue weighted by Gasteiger charge is -2.31. The van der Waals surface area contributed by atoms with Gasteiger partial charge in [-0.15, -0.1) is 0 Å². The number of hydrogen-bond donors (Lipinski definition) is 2. The van der Waals surface area contributed by atoms with Crippen LogP contribution in [0.1, 0.15) is 6.23 Å². The molecule has 1 fully saturated rings. The highest BCUT2D eigenvalue weighted by molar-refractivity contribution is 7.49. The van der Waals surface area contributed by atoms with E-state index >= 15 is 4.39 Å². The van der Waals surface area contributed by atoms with Crippen LogP contribution in [0.15, 0.2) is 59.5 Å². The topological polar surface area (TPSA) is 154 Å². The molecule has 0 aliphatic carbocycles. The number of hydrogen-bond acceptors (Lipinski definition) is 11. The number of aromatic nitrogens is 2. The van der Waals surface area contributed by atoms with Crippen LogP contribution in [0, 0.1) is 5.82 Å². The maximum Gasteiger partial charge on any atom is 0.587 e. The van der Waals surface area contributed by atoms with Crippen molar-refractivity contribution in [2.75, 3.05) is 26.6 Å². The number of nitrogens with two attached hydrogens (primary N) is 1. The van der Waals surface area contributed by atoms with Gasteiger partial charge in [-0.2, -0.15) is 4.98 Å². The third-order valence-corrected chi connectivity index (χ3v) is 7.31. The lowest BCUT2D eigenvalue weighted by molar-refractivity contribution is -0.193. The first-order valence-electron chi connectivity index (χ1n) is 11.7. The Labute approximate surface area is 229 Å². The SMILES string of the molecule is COc1ccc(OP(=O)(OC[C@@]2(C(F)F)O[C@@H](n3cc(F)c(N)nc3=O)[C@H](F)[C@H]2O)Oc2ccc(OC)cc2)cc1. The normalized spacial score (nSPS) is 22.5. The molecule has 2 heterocycles. The number of nitrogen functional groups attached to an aromatic ring is 1. The Morgan fingerprint density at radius 1 is 1.05 bits per heavy atom. The van der Waals surface area contributed by atoms with Gasteiger partial charge in [-0.1, -0.05) is 0 Å². The van der Waals surface area contributed by atoms with E-state index in [0.717, 1.165) is 0 Å². The van der Waals surface area contributed by atoms with E-state index in [4.69, 9.17) is 33.5 Å². The second-order valence-corrected chi connectivity index (χ2v) is 10.1. The molecule has 0 radical (unpaired) electrons. The zero-order valence-corrected chi connectivity index (χ0v) is 22.3. The maximum atomic E-state index is 15.1. The third kappa shape index (κ3) is 6.25. The molecule has 4 rings (SSSR count). The fourth-order valence-electron chi connectivity index (χ4n) is 3.78. The number of ether oxygens (including phenoxy) is 3. The lowest BCUT2D eigenvalue weighted by atomic mass is 9.97. The lowest BCUT2D eigenvalue weighted by Crippen LogP contribution is -2.52. The largest absolute Gasteiger partial charge is 0.587 e. The molecule has 0 bridgehead atoms. The average molecular weight is 605 g/mol. The molecular weight excluding hydrogens is 581 g/mol. The van der Waals surface area contributed by atoms with Crippen molar-refractivity contribution >= 4 is 13.6 Å². The number of nitrogens with zero attached hydrogens (tertiary/aromatic N) is 2. The summed E-state index contributed by atoms with van der Waals surface area (Å²) in [5.41, 5.74) is 0.650. The fourth-order valence-corrected chi connectivity index (χ4v) is 5.04. The minimum atomic E-state index is -4.89. The molecule has 1 aliphatic rings. The number of alkyl halides is 3. The van der Waals surface area contributed by atoms with Gasteiger partial charge in [0, 0.05) is 0 Å². The summed E-state index contributed by atoms with van der Waals surface area (Å²) in [7, 11) is -2.08.